The van der Waals surface area contributed by atoms with Gasteiger partial charge in [-0.15, -0.1) is 0 Å². The molecule has 0 spiro atoms. The highest BCUT2D eigenvalue weighted by Crippen LogP contribution is 2.37. The van der Waals surface area contributed by atoms with Gasteiger partial charge in [0.2, 0.25) is 17.7 Å². The Bertz CT molecular complexity index is 1350. The second-order valence-electron chi connectivity index (χ2n) is 11.6. The van der Waals surface area contributed by atoms with Crippen molar-refractivity contribution in [1.29, 1.82) is 0 Å². The molecule has 1 aliphatic heterocycles. The summed E-state index contributed by atoms with van der Waals surface area (Å²) < 4.78 is 0. The van der Waals surface area contributed by atoms with E-state index in [0.717, 1.165) is 40.8 Å². The fraction of sp³-hybridized carbons (Fsp3) is 0.500. The van der Waals surface area contributed by atoms with Crippen LogP contribution in [0.3, 0.4) is 0 Å². The van der Waals surface area contributed by atoms with E-state index in [2.05, 4.69) is 33.8 Å². The number of benzene rings is 2. The van der Waals surface area contributed by atoms with Crippen LogP contribution in [0.2, 0.25) is 0 Å². The number of hydrogen-bond acceptors (Lipinski definition) is 5. The van der Waals surface area contributed by atoms with Gasteiger partial charge in [0.25, 0.3) is 0 Å². The van der Waals surface area contributed by atoms with Crippen molar-refractivity contribution < 1.29 is 14.4 Å². The summed E-state index contributed by atoms with van der Waals surface area (Å²) >= 11 is 0. The number of imidazole rings is 1. The lowest BCUT2D eigenvalue weighted by molar-refractivity contribution is -0.141. The first kappa shape index (κ1) is 30.2. The van der Waals surface area contributed by atoms with E-state index in [1.165, 1.54) is 0 Å². The van der Waals surface area contributed by atoms with Crippen molar-refractivity contribution in [3.8, 4) is 11.1 Å². The highest BCUT2D eigenvalue weighted by atomic mass is 16.2. The molecule has 1 fully saturated rings. The van der Waals surface area contributed by atoms with E-state index in [9.17, 15) is 14.4 Å². The third-order valence-corrected chi connectivity index (χ3v) is 8.01. The first-order valence-corrected chi connectivity index (χ1v) is 14.7. The summed E-state index contributed by atoms with van der Waals surface area (Å²) in [5.41, 5.74) is 3.89. The standard InChI is InChI=1S/C32H44N6O3/c1-7-24(33-5)31(40)35-26(19-37(6)28(39)18-20(2)3)32(41)38-21(4)16-17-27(38)30-34-25-15-11-14-23(29(25)36-30)22-12-9-8-10-13-22/h8-15,20-21,24,26-27,33H,7,16-19H2,1-6H3,(H,34,36)(H,35,40)/t21?,24-,26-,27-/m0/s1. The smallest absolute Gasteiger partial charge is 0.247 e. The summed E-state index contributed by atoms with van der Waals surface area (Å²) in [6.07, 6.45) is 2.53. The molecular weight excluding hydrogens is 516 g/mol. The first-order valence-electron chi connectivity index (χ1n) is 14.7. The third kappa shape index (κ3) is 6.78. The topological polar surface area (TPSA) is 110 Å². The number of hydrogen-bond donors (Lipinski definition) is 3. The van der Waals surface area contributed by atoms with E-state index in [1.54, 1.807) is 19.0 Å². The van der Waals surface area contributed by atoms with Gasteiger partial charge in [-0.05, 0) is 50.8 Å². The molecule has 220 valence electrons. The lowest BCUT2D eigenvalue weighted by Gasteiger charge is -2.34. The second kappa shape index (κ2) is 13.3. The van der Waals surface area contributed by atoms with E-state index in [1.807, 2.05) is 62.9 Å². The van der Waals surface area contributed by atoms with Crippen molar-refractivity contribution in [1.82, 2.24) is 30.4 Å². The Morgan fingerprint density at radius 1 is 1.07 bits per heavy atom. The number of rotatable bonds is 11. The highest BCUT2D eigenvalue weighted by Gasteiger charge is 2.41. The summed E-state index contributed by atoms with van der Waals surface area (Å²) in [6.45, 7) is 8.03. The first-order chi connectivity index (χ1) is 19.6. The van der Waals surface area contributed by atoms with Gasteiger partial charge >= 0.3 is 0 Å². The summed E-state index contributed by atoms with van der Waals surface area (Å²) in [5, 5.41) is 5.98. The molecule has 2 heterocycles. The van der Waals surface area contributed by atoms with Gasteiger partial charge < -0.3 is 25.4 Å². The summed E-state index contributed by atoms with van der Waals surface area (Å²) in [5.74, 6) is 0.422. The predicted molar refractivity (Wildman–Crippen MR) is 162 cm³/mol. The zero-order valence-electron chi connectivity index (χ0n) is 25.1. The van der Waals surface area contributed by atoms with Crippen LogP contribution in [-0.2, 0) is 14.4 Å². The molecule has 9 nitrogen and oxygen atoms in total. The number of likely N-dealkylation sites (tertiary alicyclic amines) is 1. The molecule has 4 rings (SSSR count). The third-order valence-electron chi connectivity index (χ3n) is 8.01. The number of para-hydroxylation sites is 1. The Morgan fingerprint density at radius 3 is 2.46 bits per heavy atom. The molecule has 1 aliphatic rings. The van der Waals surface area contributed by atoms with Gasteiger partial charge in [0, 0.05) is 31.6 Å². The van der Waals surface area contributed by atoms with E-state index in [0.29, 0.717) is 12.8 Å². The number of carbonyl (C=O) groups is 3. The van der Waals surface area contributed by atoms with Crippen LogP contribution in [0, 0.1) is 5.92 Å². The Labute approximate surface area is 243 Å². The lowest BCUT2D eigenvalue weighted by atomic mass is 10.0. The Balaban J connectivity index is 1.65. The number of likely N-dealkylation sites (N-methyl/N-ethyl adjacent to an activating group) is 2. The average Bonchev–Trinajstić information content (AvgIpc) is 3.56. The van der Waals surface area contributed by atoms with Crippen LogP contribution in [0.4, 0.5) is 0 Å². The van der Waals surface area contributed by atoms with Crippen LogP contribution < -0.4 is 10.6 Å². The second-order valence-corrected chi connectivity index (χ2v) is 11.6. The lowest BCUT2D eigenvalue weighted by Crippen LogP contribution is -2.57. The molecule has 4 atom stereocenters. The van der Waals surface area contributed by atoms with E-state index in [-0.39, 0.29) is 42.3 Å². The summed E-state index contributed by atoms with van der Waals surface area (Å²) in [7, 11) is 3.43. The molecule has 1 unspecified atom stereocenters. The number of carbonyl (C=O) groups excluding carboxylic acids is 3. The normalized spacial score (nSPS) is 18.5. The quantitative estimate of drug-likeness (QED) is 0.325. The number of aromatic nitrogens is 2. The molecule has 3 aromatic rings. The van der Waals surface area contributed by atoms with Crippen LogP contribution in [0.15, 0.2) is 48.5 Å². The minimum Gasteiger partial charge on any atom is -0.343 e. The van der Waals surface area contributed by atoms with Crippen molar-refractivity contribution in [2.75, 3.05) is 20.6 Å². The molecule has 1 aromatic heterocycles. The molecule has 0 aliphatic carbocycles. The molecule has 1 saturated heterocycles. The molecule has 0 radical (unpaired) electrons. The maximum atomic E-state index is 14.3. The van der Waals surface area contributed by atoms with Crippen LogP contribution in [-0.4, -0.2) is 76.3 Å². The maximum absolute atomic E-state index is 14.3. The van der Waals surface area contributed by atoms with Gasteiger partial charge in [-0.25, -0.2) is 4.98 Å². The molecule has 3 amide bonds. The van der Waals surface area contributed by atoms with Gasteiger partial charge in [-0.2, -0.15) is 0 Å². The highest BCUT2D eigenvalue weighted by molar-refractivity contribution is 5.93. The molecule has 0 saturated carbocycles. The fourth-order valence-corrected chi connectivity index (χ4v) is 5.72. The average molecular weight is 561 g/mol. The van der Waals surface area contributed by atoms with Crippen molar-refractivity contribution in [2.45, 2.75) is 77.5 Å². The SMILES string of the molecule is CC[C@H](NC)C(=O)N[C@@H](CN(C)C(=O)CC(C)C)C(=O)N1C(C)CC[C@H]1c1nc2c(-c3ccccc3)cccc2[nH]1. The Morgan fingerprint density at radius 2 is 1.80 bits per heavy atom. The fourth-order valence-electron chi connectivity index (χ4n) is 5.72. The molecule has 0 bridgehead atoms. The van der Waals surface area contributed by atoms with Gasteiger partial charge in [-0.3, -0.25) is 14.4 Å². The van der Waals surface area contributed by atoms with Crippen molar-refractivity contribution in [3.63, 3.8) is 0 Å². The van der Waals surface area contributed by atoms with Crippen molar-refractivity contribution in [2.24, 2.45) is 5.92 Å². The maximum Gasteiger partial charge on any atom is 0.247 e. The molecule has 9 heteroatoms. The zero-order chi connectivity index (χ0) is 29.7. The van der Waals surface area contributed by atoms with Gasteiger partial charge in [0.15, 0.2) is 0 Å². The van der Waals surface area contributed by atoms with Crippen molar-refractivity contribution in [3.05, 3.63) is 54.4 Å². The van der Waals surface area contributed by atoms with E-state index >= 15 is 0 Å². The van der Waals surface area contributed by atoms with Crippen LogP contribution >= 0.6 is 0 Å². The van der Waals surface area contributed by atoms with Gasteiger partial charge in [0.05, 0.1) is 23.1 Å². The number of amides is 3. The van der Waals surface area contributed by atoms with Crippen LogP contribution in [0.25, 0.3) is 22.2 Å². The minimum absolute atomic E-state index is 0.0448. The summed E-state index contributed by atoms with van der Waals surface area (Å²) in [4.78, 5) is 52.1. The van der Waals surface area contributed by atoms with Gasteiger partial charge in [-0.1, -0.05) is 63.2 Å². The van der Waals surface area contributed by atoms with Crippen LogP contribution in [0.5, 0.6) is 0 Å². The van der Waals surface area contributed by atoms with Crippen molar-refractivity contribution >= 4 is 28.8 Å². The monoisotopic (exact) mass is 560 g/mol. The van der Waals surface area contributed by atoms with E-state index in [4.69, 9.17) is 4.98 Å². The van der Waals surface area contributed by atoms with E-state index < -0.39 is 12.1 Å². The number of H-pyrrole nitrogens is 1. The molecule has 3 N–H and O–H groups in total. The Hall–Kier alpha value is -3.72. The predicted octanol–water partition coefficient (Wildman–Crippen LogP) is 4.27. The number of nitrogens with zero attached hydrogens (tertiary/aromatic N) is 3. The molecule has 2 aromatic carbocycles. The van der Waals surface area contributed by atoms with Gasteiger partial charge in [0.1, 0.15) is 11.9 Å². The zero-order valence-corrected chi connectivity index (χ0v) is 25.1. The Kier molecular flexibility index (Phi) is 9.81. The molecular formula is C32H44N6O3. The number of fused-ring (bicyclic) bond motifs is 1. The summed E-state index contributed by atoms with van der Waals surface area (Å²) in [6, 6.07) is 14.6. The van der Waals surface area contributed by atoms with Crippen LogP contribution in [0.1, 0.15) is 65.2 Å². The number of aromatic amines is 1. The minimum atomic E-state index is -0.877. The largest absolute Gasteiger partial charge is 0.343 e. The molecule has 41 heavy (non-hydrogen) atoms. The number of nitrogens with one attached hydrogen (secondary N) is 3.